The van der Waals surface area contributed by atoms with Gasteiger partial charge in [-0.3, -0.25) is 4.79 Å². The van der Waals surface area contributed by atoms with Crippen molar-refractivity contribution in [2.45, 2.75) is 109 Å². The van der Waals surface area contributed by atoms with Gasteiger partial charge in [0.05, 0.1) is 0 Å². The lowest BCUT2D eigenvalue weighted by Crippen LogP contribution is -2.39. The van der Waals surface area contributed by atoms with Crippen LogP contribution in [0.1, 0.15) is 104 Å². The van der Waals surface area contributed by atoms with E-state index >= 15 is 0 Å². The van der Waals surface area contributed by atoms with Crippen molar-refractivity contribution in [3.8, 4) is 0 Å². The summed E-state index contributed by atoms with van der Waals surface area (Å²) in [6.45, 7) is 1.37. The Morgan fingerprint density at radius 1 is 0.857 bits per heavy atom. The van der Waals surface area contributed by atoms with Gasteiger partial charge >= 0.3 is 5.97 Å². The molecule has 1 rings (SSSR count). The van der Waals surface area contributed by atoms with E-state index in [-0.39, 0.29) is 0 Å². The molecule has 0 heterocycles. The molecule has 0 radical (unpaired) electrons. The molecular weight excluding hydrogens is 346 g/mol. The van der Waals surface area contributed by atoms with Crippen LogP contribution in [0.2, 0.25) is 0 Å². The van der Waals surface area contributed by atoms with Gasteiger partial charge in [0, 0.05) is 1.37 Å². The third-order valence-corrected chi connectivity index (χ3v) is 5.40. The quantitative estimate of drug-likeness (QED) is 0.257. The highest BCUT2D eigenvalue weighted by Gasteiger charge is 2.16. The van der Waals surface area contributed by atoms with Crippen LogP contribution in [0.15, 0.2) is 30.3 Å². The molecule has 0 unspecified atom stereocenters. The van der Waals surface area contributed by atoms with Crippen LogP contribution in [0.4, 0.5) is 0 Å². The van der Waals surface area contributed by atoms with Crippen LogP contribution in [0.25, 0.3) is 0 Å². The van der Waals surface area contributed by atoms with Gasteiger partial charge in [0.1, 0.15) is 6.04 Å². The number of hydrogen-bond acceptors (Lipinski definition) is 2. The summed E-state index contributed by atoms with van der Waals surface area (Å²) in [6, 6.07) is 9.35. The van der Waals surface area contributed by atoms with Crippen molar-refractivity contribution in [3.63, 3.8) is 0 Å². The minimum Gasteiger partial charge on any atom is -0.480 e. The first kappa shape index (κ1) is 22.9. The Bertz CT molecular complexity index is 495. The van der Waals surface area contributed by atoms with E-state index in [1.54, 1.807) is 0 Å². The lowest BCUT2D eigenvalue weighted by molar-refractivity contribution is -0.139. The van der Waals surface area contributed by atoms with Crippen molar-refractivity contribution < 1.29 is 11.3 Å². The molecule has 1 aromatic rings. The van der Waals surface area contributed by atoms with E-state index in [0.29, 0.717) is 13.3 Å². The van der Waals surface area contributed by atoms with Crippen LogP contribution >= 0.6 is 0 Å². The Hall–Kier alpha value is -1.35. The van der Waals surface area contributed by atoms with Crippen molar-refractivity contribution in [1.82, 2.24) is 5.32 Å². The van der Waals surface area contributed by atoms with Crippen molar-refractivity contribution in [2.24, 2.45) is 0 Å². The summed E-state index contributed by atoms with van der Waals surface area (Å²) >= 11 is 0. The zero-order valence-corrected chi connectivity index (χ0v) is 17.8. The number of carboxylic acid groups (broad SMARTS) is 1. The monoisotopic (exact) mass is 390 g/mol. The highest BCUT2D eigenvalue weighted by atomic mass is 16.4. The first-order valence-corrected chi connectivity index (χ1v) is 11.5. The van der Waals surface area contributed by atoms with E-state index in [0.717, 1.165) is 24.9 Å². The maximum atomic E-state index is 11.4. The van der Waals surface area contributed by atoms with Gasteiger partial charge in [0.25, 0.3) is 0 Å². The Labute approximate surface area is 174 Å². The SMILES string of the molecule is [2H]CCCCCCCCCCCCCCCCN[C@@H](Cc1ccccc1)C(=O)O. The van der Waals surface area contributed by atoms with Crippen molar-refractivity contribution in [2.75, 3.05) is 6.54 Å². The summed E-state index contributed by atoms with van der Waals surface area (Å²) in [5.41, 5.74) is 1.07. The number of rotatable bonds is 19. The first-order valence-electron chi connectivity index (χ1n) is 12.2. The minimum absolute atomic E-state index is 0.491. The van der Waals surface area contributed by atoms with E-state index < -0.39 is 12.0 Å². The second-order valence-electron chi connectivity index (χ2n) is 7.98. The minimum atomic E-state index is -0.762. The van der Waals surface area contributed by atoms with Gasteiger partial charge in [-0.2, -0.15) is 0 Å². The lowest BCUT2D eigenvalue weighted by atomic mass is 10.0. The van der Waals surface area contributed by atoms with Crippen molar-refractivity contribution in [3.05, 3.63) is 35.9 Å². The molecular formula is C25H43NO2. The molecule has 0 bridgehead atoms. The summed E-state index contributed by atoms with van der Waals surface area (Å²) in [7, 11) is 0. The van der Waals surface area contributed by atoms with E-state index in [4.69, 9.17) is 1.37 Å². The normalized spacial score (nSPS) is 12.6. The summed E-state index contributed by atoms with van der Waals surface area (Å²) in [4.78, 5) is 11.4. The fourth-order valence-corrected chi connectivity index (χ4v) is 3.62. The number of nitrogens with one attached hydrogen (secondary N) is 1. The summed E-state index contributed by atoms with van der Waals surface area (Å²) in [5.74, 6) is -0.762. The van der Waals surface area contributed by atoms with Gasteiger partial charge in [-0.15, -0.1) is 0 Å². The number of benzene rings is 1. The van der Waals surface area contributed by atoms with Crippen LogP contribution in [0.5, 0.6) is 0 Å². The predicted molar refractivity (Wildman–Crippen MR) is 120 cm³/mol. The molecule has 0 saturated carbocycles. The highest BCUT2D eigenvalue weighted by Crippen LogP contribution is 2.13. The molecule has 3 heteroatoms. The van der Waals surface area contributed by atoms with Crippen molar-refractivity contribution in [1.29, 1.82) is 0 Å². The van der Waals surface area contributed by atoms with Crippen LogP contribution in [0, 0.1) is 0 Å². The zero-order chi connectivity index (χ0) is 21.0. The molecule has 0 saturated heterocycles. The molecule has 0 aliphatic heterocycles. The smallest absolute Gasteiger partial charge is 0.321 e. The fraction of sp³-hybridized carbons (Fsp3) is 0.720. The molecule has 0 aromatic heterocycles. The number of hydrogen-bond donors (Lipinski definition) is 2. The zero-order valence-electron chi connectivity index (χ0n) is 18.8. The van der Waals surface area contributed by atoms with Crippen molar-refractivity contribution >= 4 is 5.97 Å². The molecule has 28 heavy (non-hydrogen) atoms. The number of carboxylic acids is 1. The molecule has 160 valence electrons. The van der Waals surface area contributed by atoms with Gasteiger partial charge in [-0.25, -0.2) is 0 Å². The number of carbonyl (C=O) groups is 1. The lowest BCUT2D eigenvalue weighted by Gasteiger charge is -2.14. The van der Waals surface area contributed by atoms with Crippen LogP contribution in [-0.4, -0.2) is 23.7 Å². The highest BCUT2D eigenvalue weighted by molar-refractivity contribution is 5.73. The van der Waals surface area contributed by atoms with E-state index in [9.17, 15) is 9.90 Å². The average Bonchev–Trinajstić information content (AvgIpc) is 2.73. The maximum absolute atomic E-state index is 11.4. The molecule has 2 N–H and O–H groups in total. The molecule has 3 nitrogen and oxygen atoms in total. The Kier molecular flexibility index (Phi) is 14.5. The molecule has 0 aliphatic carbocycles. The molecule has 1 atom stereocenters. The second-order valence-corrected chi connectivity index (χ2v) is 7.98. The topological polar surface area (TPSA) is 49.3 Å². The fourth-order valence-electron chi connectivity index (χ4n) is 3.62. The van der Waals surface area contributed by atoms with Crippen LogP contribution in [-0.2, 0) is 11.2 Å². The summed E-state index contributed by atoms with van der Waals surface area (Å²) in [6.07, 6.45) is 18.5. The van der Waals surface area contributed by atoms with E-state index in [2.05, 4.69) is 5.32 Å². The largest absolute Gasteiger partial charge is 0.480 e. The average molecular weight is 391 g/mol. The second kappa shape index (κ2) is 17.7. The van der Waals surface area contributed by atoms with Crippen LogP contribution in [0.3, 0.4) is 0 Å². The van der Waals surface area contributed by atoms with E-state index in [1.807, 2.05) is 30.3 Å². The molecule has 0 amide bonds. The van der Waals surface area contributed by atoms with Gasteiger partial charge in [-0.1, -0.05) is 121 Å². The van der Waals surface area contributed by atoms with Crippen LogP contribution < -0.4 is 5.32 Å². The van der Waals surface area contributed by atoms with Gasteiger partial charge in [-0.05, 0) is 24.9 Å². The molecule has 1 aromatic carbocycles. The third-order valence-electron chi connectivity index (χ3n) is 5.40. The number of aliphatic carboxylic acids is 1. The standard InChI is InChI=1S/C25H43NO2/c1-2-3-4-5-6-7-8-9-10-11-12-13-14-18-21-26-24(25(27)28)22-23-19-16-15-17-20-23/h15-17,19-20,24,26H,2-14,18,21-22H2,1H3,(H,27,28)/t24-/m0/s1/i1D. The van der Waals surface area contributed by atoms with E-state index in [1.165, 1.54) is 77.0 Å². The summed E-state index contributed by atoms with van der Waals surface area (Å²) in [5, 5.41) is 12.6. The molecule has 0 spiro atoms. The predicted octanol–water partition coefficient (Wildman–Crippen LogP) is 6.75. The molecule has 0 aliphatic rings. The van der Waals surface area contributed by atoms with Gasteiger partial charge in [0.2, 0.25) is 0 Å². The third kappa shape index (κ3) is 13.8. The Morgan fingerprint density at radius 3 is 1.86 bits per heavy atom. The Balaban J connectivity index is 1.88. The molecule has 0 fully saturated rings. The van der Waals surface area contributed by atoms with Gasteiger partial charge < -0.3 is 10.4 Å². The first-order chi connectivity index (χ1) is 14.2. The number of unbranched alkanes of at least 4 members (excludes halogenated alkanes) is 13. The summed E-state index contributed by atoms with van der Waals surface area (Å²) < 4.78 is 7.12. The maximum Gasteiger partial charge on any atom is 0.321 e. The van der Waals surface area contributed by atoms with Gasteiger partial charge in [0.15, 0.2) is 0 Å². The Morgan fingerprint density at radius 2 is 1.36 bits per heavy atom.